The van der Waals surface area contributed by atoms with E-state index in [1.54, 1.807) is 11.3 Å². The minimum Gasteiger partial charge on any atom is -0.392 e. The van der Waals surface area contributed by atoms with Gasteiger partial charge in [0.2, 0.25) is 0 Å². The summed E-state index contributed by atoms with van der Waals surface area (Å²) in [6.45, 7) is 1.96. The van der Waals surface area contributed by atoms with E-state index in [1.165, 1.54) is 0 Å². The summed E-state index contributed by atoms with van der Waals surface area (Å²) < 4.78 is 0. The number of thiazole rings is 1. The van der Waals surface area contributed by atoms with E-state index >= 15 is 0 Å². The van der Waals surface area contributed by atoms with Gasteiger partial charge < -0.3 is 10.4 Å². The number of aliphatic hydroxyl groups is 1. The summed E-state index contributed by atoms with van der Waals surface area (Å²) in [5.74, 6) is 0. The average molecular weight is 184 g/mol. The van der Waals surface area contributed by atoms with Crippen LogP contribution in [0.15, 0.2) is 11.0 Å². The number of nitrogens with zero attached hydrogens (tertiary/aromatic N) is 1. The predicted molar refractivity (Wildman–Crippen MR) is 52.4 cm³/mol. The highest BCUT2D eigenvalue weighted by atomic mass is 32.1. The van der Waals surface area contributed by atoms with Gasteiger partial charge >= 0.3 is 0 Å². The molecule has 66 valence electrons. The third-order valence-corrected chi connectivity index (χ3v) is 2.26. The summed E-state index contributed by atoms with van der Waals surface area (Å²) in [5.41, 5.74) is 1.82. The van der Waals surface area contributed by atoms with Crippen molar-refractivity contribution in [1.82, 2.24) is 4.98 Å². The Morgan fingerprint density at radius 1 is 1.83 bits per heavy atom. The molecule has 2 N–H and O–H groups in total. The minimum atomic E-state index is 0.0897. The first-order valence-corrected chi connectivity index (χ1v) is 4.55. The molecule has 0 amide bonds. The van der Waals surface area contributed by atoms with Gasteiger partial charge in [0.25, 0.3) is 0 Å². The maximum atomic E-state index is 8.75. The van der Waals surface area contributed by atoms with Crippen LogP contribution in [-0.2, 0) is 0 Å². The molecule has 1 heterocycles. The molecular formula is C8H12N2OS. The fraction of sp³-hybridized carbons (Fsp3) is 0.375. The molecule has 0 spiro atoms. The highest BCUT2D eigenvalue weighted by Gasteiger charge is 1.96. The van der Waals surface area contributed by atoms with Crippen molar-refractivity contribution in [2.45, 2.75) is 6.92 Å². The second-order valence-electron chi connectivity index (χ2n) is 2.48. The quantitative estimate of drug-likeness (QED) is 0.749. The number of nitrogens with one attached hydrogen (secondary N) is 1. The molecule has 0 bridgehead atoms. The summed E-state index contributed by atoms with van der Waals surface area (Å²) in [6.07, 6.45) is 1.87. The summed E-state index contributed by atoms with van der Waals surface area (Å²) in [6, 6.07) is 0. The summed E-state index contributed by atoms with van der Waals surface area (Å²) >= 11 is 1.55. The van der Waals surface area contributed by atoms with Crippen LogP contribution >= 0.6 is 11.3 Å². The van der Waals surface area contributed by atoms with Gasteiger partial charge in [-0.15, -0.1) is 11.3 Å². The van der Waals surface area contributed by atoms with Gasteiger partial charge in [0.05, 0.1) is 12.3 Å². The van der Waals surface area contributed by atoms with Gasteiger partial charge in [-0.25, -0.2) is 4.98 Å². The largest absolute Gasteiger partial charge is 0.392 e. The van der Waals surface area contributed by atoms with E-state index < -0.39 is 0 Å². The zero-order valence-corrected chi connectivity index (χ0v) is 7.98. The Hall–Kier alpha value is -0.870. The molecule has 0 saturated heterocycles. The van der Waals surface area contributed by atoms with Crippen molar-refractivity contribution in [3.05, 3.63) is 16.6 Å². The highest BCUT2D eigenvalue weighted by molar-refractivity contribution is 7.13. The molecule has 0 atom stereocenters. The number of hydrogen-bond acceptors (Lipinski definition) is 4. The number of aliphatic hydroxyl groups excluding tert-OH is 1. The number of rotatable bonds is 3. The van der Waals surface area contributed by atoms with Gasteiger partial charge in [0, 0.05) is 12.4 Å². The third kappa shape index (κ3) is 2.32. The van der Waals surface area contributed by atoms with Crippen LogP contribution in [0, 0.1) is 0 Å². The molecule has 1 aromatic heterocycles. The lowest BCUT2D eigenvalue weighted by Crippen LogP contribution is -1.87. The van der Waals surface area contributed by atoms with Crippen LogP contribution in [0.1, 0.15) is 12.6 Å². The van der Waals surface area contributed by atoms with Gasteiger partial charge in [0.15, 0.2) is 5.13 Å². The minimum absolute atomic E-state index is 0.0897. The lowest BCUT2D eigenvalue weighted by Gasteiger charge is -1.91. The van der Waals surface area contributed by atoms with E-state index in [9.17, 15) is 0 Å². The van der Waals surface area contributed by atoms with Crippen molar-refractivity contribution in [2.75, 3.05) is 19.0 Å². The predicted octanol–water partition coefficient (Wildman–Crippen LogP) is 1.58. The maximum Gasteiger partial charge on any atom is 0.182 e. The van der Waals surface area contributed by atoms with Crippen LogP contribution in [0.3, 0.4) is 0 Å². The number of hydrogen-bond donors (Lipinski definition) is 2. The Kier molecular flexibility index (Phi) is 3.25. The van der Waals surface area contributed by atoms with Gasteiger partial charge in [-0.1, -0.05) is 0 Å². The second kappa shape index (κ2) is 4.23. The molecule has 0 aliphatic carbocycles. The molecule has 0 unspecified atom stereocenters. The topological polar surface area (TPSA) is 45.2 Å². The van der Waals surface area contributed by atoms with Crippen LogP contribution in [0.25, 0.3) is 6.08 Å². The lowest BCUT2D eigenvalue weighted by atomic mass is 10.3. The Morgan fingerprint density at radius 3 is 3.08 bits per heavy atom. The van der Waals surface area contributed by atoms with Crippen LogP contribution in [0.4, 0.5) is 5.13 Å². The average Bonchev–Trinajstić information content (AvgIpc) is 2.52. The zero-order valence-electron chi connectivity index (χ0n) is 7.16. The molecule has 0 aliphatic rings. The van der Waals surface area contributed by atoms with E-state index in [2.05, 4.69) is 10.3 Å². The fourth-order valence-electron chi connectivity index (χ4n) is 0.765. The standard InChI is InChI=1S/C8H12N2OS/c1-6(4-11)3-7-5-12-8(9-2)10-7/h3,5,11H,4H2,1-2H3,(H,9,10)/b6-3-. The van der Waals surface area contributed by atoms with Crippen LogP contribution in [-0.4, -0.2) is 23.7 Å². The van der Waals surface area contributed by atoms with Crippen molar-refractivity contribution in [1.29, 1.82) is 0 Å². The van der Waals surface area contributed by atoms with Gasteiger partial charge in [-0.05, 0) is 18.6 Å². The summed E-state index contributed by atoms with van der Waals surface area (Å²) in [4.78, 5) is 4.24. The first-order valence-electron chi connectivity index (χ1n) is 3.67. The smallest absolute Gasteiger partial charge is 0.182 e. The second-order valence-corrected chi connectivity index (χ2v) is 3.33. The highest BCUT2D eigenvalue weighted by Crippen LogP contribution is 2.16. The molecular weight excluding hydrogens is 172 g/mol. The molecule has 4 heteroatoms. The number of aromatic nitrogens is 1. The van der Waals surface area contributed by atoms with E-state index in [4.69, 9.17) is 5.11 Å². The van der Waals surface area contributed by atoms with E-state index in [1.807, 2.05) is 25.4 Å². The Labute approximate surface area is 75.8 Å². The third-order valence-electron chi connectivity index (χ3n) is 1.38. The fourth-order valence-corrected chi connectivity index (χ4v) is 1.39. The lowest BCUT2D eigenvalue weighted by molar-refractivity contribution is 0.332. The van der Waals surface area contributed by atoms with Crippen molar-refractivity contribution in [2.24, 2.45) is 0 Å². The SMILES string of the molecule is CNc1nc(/C=C(/C)CO)cs1. The molecule has 0 aromatic carbocycles. The maximum absolute atomic E-state index is 8.75. The van der Waals surface area contributed by atoms with E-state index in [0.717, 1.165) is 16.4 Å². The van der Waals surface area contributed by atoms with Gasteiger partial charge in [-0.2, -0.15) is 0 Å². The van der Waals surface area contributed by atoms with Gasteiger partial charge in [-0.3, -0.25) is 0 Å². The van der Waals surface area contributed by atoms with E-state index in [-0.39, 0.29) is 6.61 Å². The molecule has 12 heavy (non-hydrogen) atoms. The summed E-state index contributed by atoms with van der Waals surface area (Å²) in [7, 11) is 1.84. The molecule has 1 aromatic rings. The monoisotopic (exact) mass is 184 g/mol. The Balaban J connectivity index is 2.76. The molecule has 0 aliphatic heterocycles. The molecule has 1 rings (SSSR count). The van der Waals surface area contributed by atoms with Gasteiger partial charge in [0.1, 0.15) is 0 Å². The van der Waals surface area contributed by atoms with Crippen molar-refractivity contribution >= 4 is 22.5 Å². The van der Waals surface area contributed by atoms with Crippen LogP contribution in [0.2, 0.25) is 0 Å². The normalized spacial score (nSPS) is 11.8. The molecule has 0 saturated carbocycles. The number of anilines is 1. The van der Waals surface area contributed by atoms with Crippen molar-refractivity contribution in [3.8, 4) is 0 Å². The first kappa shape index (κ1) is 9.22. The Morgan fingerprint density at radius 2 is 2.58 bits per heavy atom. The molecule has 3 nitrogen and oxygen atoms in total. The van der Waals surface area contributed by atoms with Crippen LogP contribution < -0.4 is 5.32 Å². The van der Waals surface area contributed by atoms with E-state index in [0.29, 0.717) is 0 Å². The zero-order chi connectivity index (χ0) is 8.97. The summed E-state index contributed by atoms with van der Waals surface area (Å²) in [5, 5.41) is 14.6. The molecule has 0 fully saturated rings. The van der Waals surface area contributed by atoms with Crippen LogP contribution in [0.5, 0.6) is 0 Å². The van der Waals surface area contributed by atoms with Crippen molar-refractivity contribution < 1.29 is 5.11 Å². The Bertz CT molecular complexity index is 280. The van der Waals surface area contributed by atoms with Crippen molar-refractivity contribution in [3.63, 3.8) is 0 Å². The first-order chi connectivity index (χ1) is 5.76. The molecule has 0 radical (unpaired) electrons.